The van der Waals surface area contributed by atoms with E-state index in [-0.39, 0.29) is 23.5 Å². The van der Waals surface area contributed by atoms with Crippen LogP contribution < -0.4 is 4.90 Å². The third-order valence-corrected chi connectivity index (χ3v) is 8.67. The highest BCUT2D eigenvalue weighted by molar-refractivity contribution is 7.89. The molecule has 0 fully saturated rings. The molecule has 4 aromatic rings. The van der Waals surface area contributed by atoms with E-state index in [1.165, 1.54) is 0 Å². The molecule has 0 aliphatic carbocycles. The van der Waals surface area contributed by atoms with Gasteiger partial charge in [-0.3, -0.25) is 0 Å². The van der Waals surface area contributed by atoms with Gasteiger partial charge < -0.3 is 9.88 Å². The van der Waals surface area contributed by atoms with Crippen molar-refractivity contribution in [2.24, 2.45) is 0 Å². The van der Waals surface area contributed by atoms with Gasteiger partial charge in [0.15, 0.2) is 0 Å². The average molecular weight is 498 g/mol. The Bertz CT molecular complexity index is 1470. The lowest BCUT2D eigenvalue weighted by atomic mass is 10.0. The Labute approximate surface area is 211 Å². The van der Waals surface area contributed by atoms with Gasteiger partial charge in [0, 0.05) is 24.8 Å². The molecule has 182 valence electrons. The number of imidazole rings is 1. The zero-order valence-electron chi connectivity index (χ0n) is 19.9. The van der Waals surface area contributed by atoms with Gasteiger partial charge in [-0.1, -0.05) is 48.5 Å². The monoisotopic (exact) mass is 497 g/mol. The molecule has 1 aliphatic heterocycles. The summed E-state index contributed by atoms with van der Waals surface area (Å²) in [5, 5.41) is 9.58. The number of nitrogens with one attached hydrogen (secondary N) is 1. The van der Waals surface area contributed by atoms with Crippen LogP contribution in [0.2, 0.25) is 0 Å². The lowest BCUT2D eigenvalue weighted by Gasteiger charge is -2.35. The summed E-state index contributed by atoms with van der Waals surface area (Å²) >= 11 is 0. The number of benzene rings is 3. The number of hydrogen-bond donors (Lipinski definition) is 1. The second-order valence-electron chi connectivity index (χ2n) is 9.00. The largest absolute Gasteiger partial charge is 0.361 e. The zero-order chi connectivity index (χ0) is 25.1. The third-order valence-electron chi connectivity index (χ3n) is 6.76. The van der Waals surface area contributed by atoms with Gasteiger partial charge in [-0.2, -0.15) is 9.57 Å². The smallest absolute Gasteiger partial charge is 0.243 e. The molecule has 0 saturated heterocycles. The first-order chi connectivity index (χ1) is 17.5. The Morgan fingerprint density at radius 2 is 1.81 bits per heavy atom. The van der Waals surface area contributed by atoms with E-state index < -0.39 is 10.0 Å². The van der Waals surface area contributed by atoms with E-state index in [1.54, 1.807) is 53.2 Å². The maximum Gasteiger partial charge on any atom is 0.243 e. The number of aromatic amines is 1. The number of nitrogens with zero attached hydrogens (tertiary/aromatic N) is 4. The highest BCUT2D eigenvalue weighted by Gasteiger charge is 2.38. The maximum atomic E-state index is 14.0. The van der Waals surface area contributed by atoms with E-state index in [0.717, 1.165) is 22.5 Å². The molecule has 5 rings (SSSR count). The first kappa shape index (κ1) is 23.8. The third kappa shape index (κ3) is 4.63. The van der Waals surface area contributed by atoms with Crippen molar-refractivity contribution in [3.05, 3.63) is 114 Å². The zero-order valence-corrected chi connectivity index (χ0v) is 20.8. The summed E-state index contributed by atoms with van der Waals surface area (Å²) in [5.74, 6) is 0. The van der Waals surface area contributed by atoms with Crippen molar-refractivity contribution >= 4 is 15.7 Å². The van der Waals surface area contributed by atoms with E-state index in [2.05, 4.69) is 27.9 Å². The van der Waals surface area contributed by atoms with E-state index in [9.17, 15) is 13.7 Å². The molecule has 0 spiro atoms. The number of sulfonamides is 1. The Kier molecular flexibility index (Phi) is 6.59. The van der Waals surface area contributed by atoms with Crippen LogP contribution in [0.4, 0.5) is 5.69 Å². The molecule has 2 atom stereocenters. The molecule has 1 aromatic heterocycles. The second-order valence-corrected chi connectivity index (χ2v) is 10.9. The van der Waals surface area contributed by atoms with Crippen molar-refractivity contribution in [2.45, 2.75) is 36.9 Å². The van der Waals surface area contributed by atoms with Gasteiger partial charge in [0.25, 0.3) is 0 Å². The van der Waals surface area contributed by atoms with E-state index in [0.29, 0.717) is 18.5 Å². The molecule has 0 amide bonds. The van der Waals surface area contributed by atoms with Crippen molar-refractivity contribution in [2.75, 3.05) is 11.4 Å². The second kappa shape index (κ2) is 9.97. The van der Waals surface area contributed by atoms with Crippen LogP contribution in [-0.2, 0) is 23.0 Å². The number of fused-ring (bicyclic) bond motifs is 1. The average Bonchev–Trinajstić information content (AvgIpc) is 3.40. The summed E-state index contributed by atoms with van der Waals surface area (Å²) in [6.07, 6.45) is 4.00. The minimum Gasteiger partial charge on any atom is -0.361 e. The van der Waals surface area contributed by atoms with Crippen molar-refractivity contribution in [3.63, 3.8) is 0 Å². The van der Waals surface area contributed by atoms with Crippen molar-refractivity contribution in [1.82, 2.24) is 14.3 Å². The van der Waals surface area contributed by atoms with Gasteiger partial charge in [-0.25, -0.2) is 13.4 Å². The molecular weight excluding hydrogens is 470 g/mol. The van der Waals surface area contributed by atoms with Crippen LogP contribution in [0.25, 0.3) is 0 Å². The van der Waals surface area contributed by atoms with Crippen molar-refractivity contribution < 1.29 is 8.42 Å². The molecule has 2 heterocycles. The highest BCUT2D eigenvalue weighted by atomic mass is 32.2. The Morgan fingerprint density at radius 1 is 1.08 bits per heavy atom. The number of rotatable bonds is 6. The van der Waals surface area contributed by atoms with E-state index in [4.69, 9.17) is 0 Å². The van der Waals surface area contributed by atoms with Crippen LogP contribution in [0.3, 0.4) is 0 Å². The Balaban J connectivity index is 1.65. The summed E-state index contributed by atoms with van der Waals surface area (Å²) in [5.41, 5.74) is 4.22. The summed E-state index contributed by atoms with van der Waals surface area (Å²) < 4.78 is 29.7. The lowest BCUT2D eigenvalue weighted by molar-refractivity contribution is 0.315. The normalized spacial score (nSPS) is 17.1. The van der Waals surface area contributed by atoms with Crippen molar-refractivity contribution in [3.8, 4) is 6.07 Å². The quantitative estimate of drug-likeness (QED) is 0.418. The van der Waals surface area contributed by atoms with Gasteiger partial charge in [-0.05, 0) is 54.8 Å². The molecule has 8 heteroatoms. The number of H-pyrrole nitrogens is 1. The number of hydrogen-bond acceptors (Lipinski definition) is 5. The van der Waals surface area contributed by atoms with E-state index in [1.807, 2.05) is 42.5 Å². The minimum absolute atomic E-state index is 0.0863. The highest BCUT2D eigenvalue weighted by Crippen LogP contribution is 2.36. The van der Waals surface area contributed by atoms with Crippen LogP contribution >= 0.6 is 0 Å². The van der Waals surface area contributed by atoms with Gasteiger partial charge in [-0.15, -0.1) is 0 Å². The molecule has 1 aliphatic rings. The van der Waals surface area contributed by atoms with Crippen LogP contribution in [0.5, 0.6) is 0 Å². The molecule has 0 radical (unpaired) electrons. The number of aromatic nitrogens is 2. The maximum absolute atomic E-state index is 14.0. The molecule has 36 heavy (non-hydrogen) atoms. The topological polar surface area (TPSA) is 93.1 Å². The van der Waals surface area contributed by atoms with E-state index >= 15 is 0 Å². The molecule has 1 unspecified atom stereocenters. The van der Waals surface area contributed by atoms with Gasteiger partial charge in [0.2, 0.25) is 10.0 Å². The van der Waals surface area contributed by atoms with Crippen LogP contribution in [0.1, 0.15) is 35.3 Å². The Hall–Kier alpha value is -3.93. The first-order valence-electron chi connectivity index (χ1n) is 11.9. The molecule has 3 aromatic carbocycles. The molecular formula is C28H27N5O2S. The molecule has 0 bridgehead atoms. The fourth-order valence-corrected chi connectivity index (χ4v) is 6.48. The molecule has 1 N–H and O–H groups in total. The predicted molar refractivity (Wildman–Crippen MR) is 139 cm³/mol. The Morgan fingerprint density at radius 3 is 2.47 bits per heavy atom. The fourth-order valence-electron chi connectivity index (χ4n) is 4.87. The molecule has 7 nitrogen and oxygen atoms in total. The van der Waals surface area contributed by atoms with Crippen LogP contribution in [0.15, 0.2) is 96.3 Å². The predicted octanol–water partition coefficient (Wildman–Crippen LogP) is 4.66. The summed E-state index contributed by atoms with van der Waals surface area (Å²) in [6.45, 7) is 2.72. The van der Waals surface area contributed by atoms with Gasteiger partial charge in [0.1, 0.15) is 0 Å². The summed E-state index contributed by atoms with van der Waals surface area (Å²) in [4.78, 5) is 9.88. The van der Waals surface area contributed by atoms with Gasteiger partial charge >= 0.3 is 0 Å². The SMILES string of the molecule is CC(c1cnc[nH]1)N1C[C@@H](Cc2ccccc2)N(S(=O)(=O)c2ccccc2)Cc2cc(C#N)ccc21. The minimum atomic E-state index is -3.82. The van der Waals surface area contributed by atoms with Crippen LogP contribution in [-0.4, -0.2) is 35.3 Å². The van der Waals surface area contributed by atoms with Gasteiger partial charge in [0.05, 0.1) is 40.8 Å². The molecule has 0 saturated carbocycles. The number of nitriles is 1. The fraction of sp³-hybridized carbons (Fsp3) is 0.214. The summed E-state index contributed by atoms with van der Waals surface area (Å²) in [7, 11) is -3.82. The lowest BCUT2D eigenvalue weighted by Crippen LogP contribution is -2.46. The number of anilines is 1. The standard InChI is InChI=1S/C28H27N5O2S/c1-21(27-17-30-20-31-27)32-19-25(15-22-8-4-2-5-9-22)33(36(34,35)26-10-6-3-7-11-26)18-24-14-23(16-29)12-13-28(24)32/h2-14,17,20-21,25H,15,18-19H2,1H3,(H,30,31)/t21?,25-/m1/s1. The van der Waals surface area contributed by atoms with Crippen molar-refractivity contribution in [1.29, 1.82) is 5.26 Å². The van der Waals surface area contributed by atoms with Crippen LogP contribution in [0, 0.1) is 11.3 Å². The summed E-state index contributed by atoms with van der Waals surface area (Å²) in [6, 6.07) is 25.8. The first-order valence-corrected chi connectivity index (χ1v) is 13.3.